The van der Waals surface area contributed by atoms with Gasteiger partial charge in [-0.2, -0.15) is 20.4 Å². The summed E-state index contributed by atoms with van der Waals surface area (Å²) in [5, 5.41) is 15.5. The van der Waals surface area contributed by atoms with E-state index in [0.29, 0.717) is 0 Å². The summed E-state index contributed by atoms with van der Waals surface area (Å²) >= 11 is 0. The van der Waals surface area contributed by atoms with Gasteiger partial charge in [0.05, 0.1) is 12.4 Å². The highest BCUT2D eigenvalue weighted by molar-refractivity contribution is 5.18. The van der Waals surface area contributed by atoms with Crippen molar-refractivity contribution in [1.29, 1.82) is 0 Å². The first-order chi connectivity index (χ1) is 10.2. The first kappa shape index (κ1) is 15.5. The molecule has 112 valence electrons. The fraction of sp³-hybridized carbons (Fsp3) is 0.500. The highest BCUT2D eigenvalue weighted by Crippen LogP contribution is 2.28. The Hall–Kier alpha value is -1.88. The van der Waals surface area contributed by atoms with Gasteiger partial charge in [0, 0.05) is 17.9 Å². The number of rotatable bonds is 8. The summed E-state index contributed by atoms with van der Waals surface area (Å²) in [4.78, 5) is 0. The molecule has 2 N–H and O–H groups in total. The highest BCUT2D eigenvalue weighted by atomic mass is 15.1. The van der Waals surface area contributed by atoms with Gasteiger partial charge in [-0.05, 0) is 48.9 Å². The van der Waals surface area contributed by atoms with Crippen LogP contribution in [0.1, 0.15) is 50.2 Å². The maximum absolute atomic E-state index is 6.62. The molecular formula is C16H23N5. The Labute approximate surface area is 126 Å². The van der Waals surface area contributed by atoms with Crippen LogP contribution in [0.3, 0.4) is 0 Å². The van der Waals surface area contributed by atoms with E-state index in [1.807, 2.05) is 18.3 Å². The van der Waals surface area contributed by atoms with Crippen LogP contribution < -0.4 is 5.73 Å². The molecule has 2 aromatic rings. The molecule has 5 heteroatoms. The Bertz CT molecular complexity index is 517. The van der Waals surface area contributed by atoms with E-state index in [2.05, 4.69) is 27.3 Å². The molecule has 2 heterocycles. The largest absolute Gasteiger partial charge is 0.321 e. The van der Waals surface area contributed by atoms with Gasteiger partial charge in [-0.3, -0.25) is 0 Å². The number of nitrogens with two attached hydrogens (primary N) is 1. The average Bonchev–Trinajstić information content (AvgIpc) is 2.54. The summed E-state index contributed by atoms with van der Waals surface area (Å²) in [5.74, 6) is 0. The van der Waals surface area contributed by atoms with Crippen molar-refractivity contribution < 1.29 is 0 Å². The fourth-order valence-electron chi connectivity index (χ4n) is 2.68. The second-order valence-electron chi connectivity index (χ2n) is 5.50. The van der Waals surface area contributed by atoms with Crippen molar-refractivity contribution in [2.45, 2.75) is 51.0 Å². The normalized spacial score (nSPS) is 13.8. The number of hydrogen-bond acceptors (Lipinski definition) is 5. The number of unbranched alkanes of at least 4 members (excludes halogenated alkanes) is 1. The second-order valence-corrected chi connectivity index (χ2v) is 5.50. The molecule has 0 aromatic carbocycles. The quantitative estimate of drug-likeness (QED) is 0.754. The van der Waals surface area contributed by atoms with Crippen LogP contribution in [0.4, 0.5) is 0 Å². The third-order valence-corrected chi connectivity index (χ3v) is 3.84. The van der Waals surface area contributed by atoms with Crippen LogP contribution in [0.15, 0.2) is 36.9 Å². The van der Waals surface area contributed by atoms with Gasteiger partial charge in [-0.1, -0.05) is 19.8 Å². The topological polar surface area (TPSA) is 77.6 Å². The molecule has 0 aliphatic carbocycles. The summed E-state index contributed by atoms with van der Waals surface area (Å²) in [6, 6.07) is 4.00. The third-order valence-electron chi connectivity index (χ3n) is 3.84. The van der Waals surface area contributed by atoms with Gasteiger partial charge in [0.1, 0.15) is 0 Å². The third kappa shape index (κ3) is 4.56. The second kappa shape index (κ2) is 7.78. The predicted octanol–water partition coefficient (Wildman–Crippen LogP) is 2.63. The van der Waals surface area contributed by atoms with Gasteiger partial charge in [0.15, 0.2) is 0 Å². The number of hydrogen-bond donors (Lipinski definition) is 1. The first-order valence-electron chi connectivity index (χ1n) is 7.56. The van der Waals surface area contributed by atoms with Gasteiger partial charge in [0.2, 0.25) is 0 Å². The number of aryl methyl sites for hydroxylation is 1. The van der Waals surface area contributed by atoms with E-state index in [4.69, 9.17) is 5.73 Å². The Morgan fingerprint density at radius 2 is 1.71 bits per heavy atom. The number of nitrogens with zero attached hydrogens (tertiary/aromatic N) is 4. The molecule has 0 fully saturated rings. The molecule has 0 saturated carbocycles. The maximum atomic E-state index is 6.62. The van der Waals surface area contributed by atoms with Crippen LogP contribution in [0.5, 0.6) is 0 Å². The Balaban J connectivity index is 1.88. The zero-order chi connectivity index (χ0) is 15.0. The van der Waals surface area contributed by atoms with Crippen LogP contribution in [-0.4, -0.2) is 20.4 Å². The van der Waals surface area contributed by atoms with E-state index in [1.54, 1.807) is 18.6 Å². The van der Waals surface area contributed by atoms with Gasteiger partial charge >= 0.3 is 0 Å². The van der Waals surface area contributed by atoms with Crippen LogP contribution in [-0.2, 0) is 12.0 Å². The molecule has 0 amide bonds. The molecule has 0 bridgehead atoms. The van der Waals surface area contributed by atoms with E-state index in [-0.39, 0.29) is 5.54 Å². The van der Waals surface area contributed by atoms with Crippen LogP contribution in [0.2, 0.25) is 0 Å². The van der Waals surface area contributed by atoms with E-state index >= 15 is 0 Å². The highest BCUT2D eigenvalue weighted by Gasteiger charge is 2.26. The van der Waals surface area contributed by atoms with E-state index in [0.717, 1.165) is 44.1 Å². The van der Waals surface area contributed by atoms with E-state index in [1.165, 1.54) is 5.56 Å². The first-order valence-corrected chi connectivity index (χ1v) is 7.56. The Morgan fingerprint density at radius 3 is 2.33 bits per heavy atom. The zero-order valence-electron chi connectivity index (χ0n) is 12.6. The molecular weight excluding hydrogens is 262 g/mol. The summed E-state index contributed by atoms with van der Waals surface area (Å²) < 4.78 is 0. The lowest BCUT2D eigenvalue weighted by molar-refractivity contribution is 0.357. The molecule has 0 radical (unpaired) electrons. The molecule has 21 heavy (non-hydrogen) atoms. The molecule has 2 rings (SSSR count). The van der Waals surface area contributed by atoms with Gasteiger partial charge in [-0.15, -0.1) is 0 Å². The van der Waals surface area contributed by atoms with E-state index in [9.17, 15) is 0 Å². The van der Waals surface area contributed by atoms with Crippen molar-refractivity contribution in [3.8, 4) is 0 Å². The molecule has 2 aromatic heterocycles. The molecule has 5 nitrogen and oxygen atoms in total. The van der Waals surface area contributed by atoms with Crippen molar-refractivity contribution >= 4 is 0 Å². The van der Waals surface area contributed by atoms with Crippen LogP contribution in [0, 0.1) is 0 Å². The lowest BCUT2D eigenvalue weighted by Gasteiger charge is -2.29. The molecule has 1 unspecified atom stereocenters. The standard InChI is InChI=1S/C16H23N5/c1-2-8-16(17,15-7-11-19-21-13-15)9-4-3-5-14-6-10-18-20-12-14/h6-7,10-13H,2-5,8-9,17H2,1H3. The van der Waals surface area contributed by atoms with Gasteiger partial charge in [0.25, 0.3) is 0 Å². The molecule has 0 saturated heterocycles. The van der Waals surface area contributed by atoms with Crippen LogP contribution >= 0.6 is 0 Å². The Kier molecular flexibility index (Phi) is 5.75. The number of aromatic nitrogens is 4. The lowest BCUT2D eigenvalue weighted by Crippen LogP contribution is -2.36. The van der Waals surface area contributed by atoms with Crippen LogP contribution in [0.25, 0.3) is 0 Å². The van der Waals surface area contributed by atoms with Crippen molar-refractivity contribution in [2.75, 3.05) is 0 Å². The summed E-state index contributed by atoms with van der Waals surface area (Å²) in [7, 11) is 0. The molecule has 0 aliphatic heterocycles. The van der Waals surface area contributed by atoms with Crippen molar-refractivity contribution in [2.24, 2.45) is 5.73 Å². The molecule has 1 atom stereocenters. The minimum atomic E-state index is -0.290. The Morgan fingerprint density at radius 1 is 0.952 bits per heavy atom. The summed E-state index contributed by atoms with van der Waals surface area (Å²) in [6.45, 7) is 2.17. The SMILES string of the molecule is CCCC(N)(CCCCc1ccnnc1)c1ccnnc1. The van der Waals surface area contributed by atoms with Crippen molar-refractivity contribution in [1.82, 2.24) is 20.4 Å². The molecule has 0 aliphatic rings. The van der Waals surface area contributed by atoms with Crippen molar-refractivity contribution in [3.63, 3.8) is 0 Å². The van der Waals surface area contributed by atoms with E-state index < -0.39 is 0 Å². The fourth-order valence-corrected chi connectivity index (χ4v) is 2.68. The summed E-state index contributed by atoms with van der Waals surface area (Å²) in [6.07, 6.45) is 13.3. The average molecular weight is 285 g/mol. The lowest BCUT2D eigenvalue weighted by atomic mass is 9.83. The van der Waals surface area contributed by atoms with Gasteiger partial charge in [-0.25, -0.2) is 0 Å². The zero-order valence-corrected chi connectivity index (χ0v) is 12.6. The maximum Gasteiger partial charge on any atom is 0.0546 e. The summed E-state index contributed by atoms with van der Waals surface area (Å²) in [5.41, 5.74) is 8.65. The minimum Gasteiger partial charge on any atom is -0.321 e. The monoisotopic (exact) mass is 285 g/mol. The molecule has 0 spiro atoms. The predicted molar refractivity (Wildman–Crippen MR) is 82.4 cm³/mol. The smallest absolute Gasteiger partial charge is 0.0546 e. The minimum absolute atomic E-state index is 0.290. The van der Waals surface area contributed by atoms with Gasteiger partial charge < -0.3 is 5.73 Å². The van der Waals surface area contributed by atoms with Crippen molar-refractivity contribution in [3.05, 3.63) is 48.0 Å².